The van der Waals surface area contributed by atoms with E-state index in [1.54, 1.807) is 18.7 Å². The van der Waals surface area contributed by atoms with Crippen LogP contribution in [0, 0.1) is 11.7 Å². The number of halogens is 1. The average molecular weight is 281 g/mol. The third-order valence-electron chi connectivity index (χ3n) is 3.69. The molecule has 2 rings (SSSR count). The van der Waals surface area contributed by atoms with Crippen molar-refractivity contribution in [3.8, 4) is 5.75 Å². The normalized spacial score (nSPS) is 21.6. The van der Waals surface area contributed by atoms with Crippen LogP contribution in [0.3, 0.4) is 0 Å². The molecular weight excluding hydrogens is 261 g/mol. The third kappa shape index (κ3) is 3.48. The van der Waals surface area contributed by atoms with Gasteiger partial charge in [-0.3, -0.25) is 4.79 Å². The van der Waals surface area contributed by atoms with E-state index in [4.69, 9.17) is 4.74 Å². The second-order valence-corrected chi connectivity index (χ2v) is 5.29. The lowest BCUT2D eigenvalue weighted by atomic mass is 10.0. The summed E-state index contributed by atoms with van der Waals surface area (Å²) in [6.45, 7) is 4.64. The van der Waals surface area contributed by atoms with Gasteiger partial charge in [-0.05, 0) is 44.5 Å². The Hall–Kier alpha value is -1.62. The summed E-state index contributed by atoms with van der Waals surface area (Å²) in [7, 11) is 0. The Morgan fingerprint density at radius 2 is 2.05 bits per heavy atom. The number of hydrogen-bond acceptors (Lipinski definition) is 3. The van der Waals surface area contributed by atoms with Gasteiger partial charge in [0, 0.05) is 19.0 Å². The lowest BCUT2D eigenvalue weighted by Gasteiger charge is -2.22. The summed E-state index contributed by atoms with van der Waals surface area (Å²) in [5.41, 5.74) is 0. The number of amides is 1. The molecule has 1 N–H and O–H groups in total. The molecule has 1 saturated heterocycles. The summed E-state index contributed by atoms with van der Waals surface area (Å²) in [5.74, 6) is 0.170. The van der Waals surface area contributed by atoms with Gasteiger partial charge in [-0.25, -0.2) is 4.39 Å². The van der Waals surface area contributed by atoms with Crippen LogP contribution in [0.15, 0.2) is 24.3 Å². The van der Waals surface area contributed by atoms with Crippen molar-refractivity contribution >= 4 is 5.91 Å². The summed E-state index contributed by atoms with van der Waals surface area (Å²) in [5, 5.41) is 9.55. The van der Waals surface area contributed by atoms with Gasteiger partial charge in [-0.15, -0.1) is 0 Å². The lowest BCUT2D eigenvalue weighted by molar-refractivity contribution is -0.137. The van der Waals surface area contributed by atoms with Crippen molar-refractivity contribution in [3.05, 3.63) is 30.1 Å². The number of hydrogen-bond donors (Lipinski definition) is 1. The van der Waals surface area contributed by atoms with Crippen molar-refractivity contribution in [3.63, 3.8) is 0 Å². The molecule has 0 radical (unpaired) electrons. The molecule has 0 bridgehead atoms. The Morgan fingerprint density at radius 3 is 2.60 bits per heavy atom. The standard InChI is InChI=1S/C15H20FNO3/c1-10(18)12-7-8-17(9-12)15(19)11(2)20-14-5-3-13(16)4-6-14/h3-6,10-12,18H,7-9H2,1-2H3. The largest absolute Gasteiger partial charge is 0.481 e. The maximum Gasteiger partial charge on any atom is 0.263 e. The molecule has 0 aliphatic carbocycles. The third-order valence-corrected chi connectivity index (χ3v) is 3.69. The van der Waals surface area contributed by atoms with Crippen LogP contribution in [-0.2, 0) is 4.79 Å². The van der Waals surface area contributed by atoms with Crippen LogP contribution >= 0.6 is 0 Å². The first kappa shape index (κ1) is 14.8. The molecule has 0 saturated carbocycles. The van der Waals surface area contributed by atoms with Crippen molar-refractivity contribution in [2.45, 2.75) is 32.5 Å². The highest BCUT2D eigenvalue weighted by atomic mass is 19.1. The Bertz CT molecular complexity index is 461. The minimum atomic E-state index is -0.617. The molecule has 1 aromatic carbocycles. The second-order valence-electron chi connectivity index (χ2n) is 5.29. The predicted octanol–water partition coefficient (Wildman–Crippen LogP) is 1.82. The molecule has 20 heavy (non-hydrogen) atoms. The number of ether oxygens (including phenoxy) is 1. The smallest absolute Gasteiger partial charge is 0.263 e. The molecule has 1 aromatic rings. The highest BCUT2D eigenvalue weighted by Crippen LogP contribution is 2.21. The van der Waals surface area contributed by atoms with Gasteiger partial charge >= 0.3 is 0 Å². The minimum Gasteiger partial charge on any atom is -0.481 e. The zero-order valence-corrected chi connectivity index (χ0v) is 11.8. The summed E-state index contributed by atoms with van der Waals surface area (Å²) in [4.78, 5) is 13.9. The summed E-state index contributed by atoms with van der Waals surface area (Å²) in [6, 6.07) is 5.60. The van der Waals surface area contributed by atoms with Gasteiger partial charge in [0.2, 0.25) is 0 Å². The van der Waals surface area contributed by atoms with Crippen LogP contribution in [0.5, 0.6) is 5.75 Å². The number of aliphatic hydroxyl groups excluding tert-OH is 1. The molecule has 0 spiro atoms. The van der Waals surface area contributed by atoms with E-state index < -0.39 is 12.2 Å². The number of carbonyl (C=O) groups is 1. The van der Waals surface area contributed by atoms with Crippen molar-refractivity contribution in [2.24, 2.45) is 5.92 Å². The number of carbonyl (C=O) groups excluding carboxylic acids is 1. The van der Waals surface area contributed by atoms with E-state index in [0.717, 1.165) is 6.42 Å². The van der Waals surface area contributed by atoms with Crippen molar-refractivity contribution in [1.29, 1.82) is 0 Å². The van der Waals surface area contributed by atoms with Crippen LogP contribution < -0.4 is 4.74 Å². The first-order valence-corrected chi connectivity index (χ1v) is 6.86. The maximum atomic E-state index is 12.8. The molecule has 3 atom stereocenters. The molecule has 1 aliphatic heterocycles. The molecule has 110 valence electrons. The van der Waals surface area contributed by atoms with Gasteiger partial charge in [0.15, 0.2) is 6.10 Å². The average Bonchev–Trinajstić information content (AvgIpc) is 2.90. The zero-order chi connectivity index (χ0) is 14.7. The molecule has 3 unspecified atom stereocenters. The second kappa shape index (κ2) is 6.22. The highest BCUT2D eigenvalue weighted by Gasteiger charge is 2.31. The fraction of sp³-hybridized carbons (Fsp3) is 0.533. The van der Waals surface area contributed by atoms with Crippen molar-refractivity contribution in [2.75, 3.05) is 13.1 Å². The number of benzene rings is 1. The predicted molar refractivity (Wildman–Crippen MR) is 72.9 cm³/mol. The van der Waals surface area contributed by atoms with Gasteiger partial charge in [0.05, 0.1) is 6.10 Å². The molecular formula is C15H20FNO3. The Labute approximate surface area is 118 Å². The Kier molecular flexibility index (Phi) is 4.60. The SMILES string of the molecule is CC(Oc1ccc(F)cc1)C(=O)N1CCC(C(C)O)C1. The maximum absolute atomic E-state index is 12.8. The van der Waals surface area contributed by atoms with Gasteiger partial charge in [-0.1, -0.05) is 0 Å². The van der Waals surface area contributed by atoms with E-state index in [1.807, 2.05) is 0 Å². The Morgan fingerprint density at radius 1 is 1.40 bits per heavy atom. The summed E-state index contributed by atoms with van der Waals surface area (Å²) < 4.78 is 18.3. The topological polar surface area (TPSA) is 49.8 Å². The van der Waals surface area contributed by atoms with Gasteiger partial charge in [-0.2, -0.15) is 0 Å². The fourth-order valence-corrected chi connectivity index (χ4v) is 2.41. The molecule has 1 aliphatic rings. The Balaban J connectivity index is 1.91. The summed E-state index contributed by atoms with van der Waals surface area (Å²) >= 11 is 0. The van der Waals surface area contributed by atoms with E-state index >= 15 is 0 Å². The molecule has 4 nitrogen and oxygen atoms in total. The quantitative estimate of drug-likeness (QED) is 0.916. The highest BCUT2D eigenvalue weighted by molar-refractivity contribution is 5.81. The number of likely N-dealkylation sites (tertiary alicyclic amines) is 1. The van der Waals surface area contributed by atoms with Crippen LogP contribution in [-0.4, -0.2) is 41.2 Å². The van der Waals surface area contributed by atoms with E-state index in [1.165, 1.54) is 24.3 Å². The fourth-order valence-electron chi connectivity index (χ4n) is 2.41. The van der Waals surface area contributed by atoms with Crippen LogP contribution in [0.1, 0.15) is 20.3 Å². The van der Waals surface area contributed by atoms with E-state index in [0.29, 0.717) is 18.8 Å². The lowest BCUT2D eigenvalue weighted by Crippen LogP contribution is -2.39. The van der Waals surface area contributed by atoms with Crippen LogP contribution in [0.4, 0.5) is 4.39 Å². The molecule has 0 aromatic heterocycles. The van der Waals surface area contributed by atoms with E-state index in [2.05, 4.69) is 0 Å². The van der Waals surface area contributed by atoms with E-state index in [9.17, 15) is 14.3 Å². The minimum absolute atomic E-state index is 0.0996. The van der Waals surface area contributed by atoms with Gasteiger partial charge in [0.1, 0.15) is 11.6 Å². The van der Waals surface area contributed by atoms with Crippen molar-refractivity contribution in [1.82, 2.24) is 4.90 Å². The van der Waals surface area contributed by atoms with Gasteiger partial charge in [0.25, 0.3) is 5.91 Å². The molecule has 1 fully saturated rings. The van der Waals surface area contributed by atoms with E-state index in [-0.39, 0.29) is 17.6 Å². The number of nitrogens with zero attached hydrogens (tertiary/aromatic N) is 1. The van der Waals surface area contributed by atoms with Gasteiger partial charge < -0.3 is 14.7 Å². The zero-order valence-electron chi connectivity index (χ0n) is 11.8. The molecule has 1 amide bonds. The molecule has 1 heterocycles. The van der Waals surface area contributed by atoms with Crippen molar-refractivity contribution < 1.29 is 19.0 Å². The first-order chi connectivity index (χ1) is 9.47. The monoisotopic (exact) mass is 281 g/mol. The first-order valence-electron chi connectivity index (χ1n) is 6.86. The number of rotatable bonds is 4. The summed E-state index contributed by atoms with van der Waals surface area (Å²) in [6.07, 6.45) is -0.207. The molecule has 5 heteroatoms. The van der Waals surface area contributed by atoms with Crippen LogP contribution in [0.2, 0.25) is 0 Å². The van der Waals surface area contributed by atoms with Crippen LogP contribution in [0.25, 0.3) is 0 Å². The number of aliphatic hydroxyl groups is 1.